The fourth-order valence-electron chi connectivity index (χ4n) is 3.54. The summed E-state index contributed by atoms with van der Waals surface area (Å²) in [6.07, 6.45) is 1.72. The third-order valence-corrected chi connectivity index (χ3v) is 5.28. The molecule has 0 spiro atoms. The molecule has 0 saturated carbocycles. The van der Waals surface area contributed by atoms with E-state index in [1.807, 2.05) is 31.2 Å². The number of ether oxygens (including phenoxy) is 4. The van der Waals surface area contributed by atoms with Gasteiger partial charge in [0.2, 0.25) is 0 Å². The molecule has 1 heterocycles. The van der Waals surface area contributed by atoms with E-state index in [4.69, 9.17) is 18.9 Å². The SMILES string of the molecule is CCOc1ccc(OCC(=O)NCC2(c3ccc(OC)cc3)CCOCC2)cc1. The Morgan fingerprint density at radius 1 is 0.966 bits per heavy atom. The van der Waals surface area contributed by atoms with Crippen molar-refractivity contribution in [3.05, 3.63) is 54.1 Å². The summed E-state index contributed by atoms with van der Waals surface area (Å²) in [5.74, 6) is 2.10. The average molecular weight is 399 g/mol. The van der Waals surface area contributed by atoms with E-state index < -0.39 is 0 Å². The minimum atomic E-state index is -0.140. The van der Waals surface area contributed by atoms with Crippen LogP contribution >= 0.6 is 0 Å². The van der Waals surface area contributed by atoms with Crippen LogP contribution in [-0.4, -0.2) is 46.0 Å². The molecule has 0 unspecified atom stereocenters. The standard InChI is InChI=1S/C23H29NO5/c1-3-28-20-8-10-21(11-9-20)29-16-22(25)24-17-23(12-14-27-15-13-23)18-4-6-19(26-2)7-5-18/h4-11H,3,12-17H2,1-2H3,(H,24,25). The van der Waals surface area contributed by atoms with E-state index in [-0.39, 0.29) is 17.9 Å². The number of carbonyl (C=O) groups excluding carboxylic acids is 1. The Kier molecular flexibility index (Phi) is 7.36. The van der Waals surface area contributed by atoms with Gasteiger partial charge in [-0.1, -0.05) is 12.1 Å². The van der Waals surface area contributed by atoms with Gasteiger partial charge in [-0.2, -0.15) is 0 Å². The Balaban J connectivity index is 1.56. The normalized spacial score (nSPS) is 15.4. The first-order valence-electron chi connectivity index (χ1n) is 10.00. The second-order valence-electron chi connectivity index (χ2n) is 7.09. The van der Waals surface area contributed by atoms with Crippen LogP contribution in [0.2, 0.25) is 0 Å². The summed E-state index contributed by atoms with van der Waals surface area (Å²) in [5, 5.41) is 3.05. The van der Waals surface area contributed by atoms with E-state index in [0.29, 0.717) is 32.1 Å². The molecule has 6 heteroatoms. The number of methoxy groups -OCH3 is 1. The van der Waals surface area contributed by atoms with Gasteiger partial charge in [0.15, 0.2) is 6.61 Å². The third kappa shape index (κ3) is 5.64. The summed E-state index contributed by atoms with van der Waals surface area (Å²) in [5.41, 5.74) is 1.05. The quantitative estimate of drug-likeness (QED) is 0.701. The van der Waals surface area contributed by atoms with Crippen LogP contribution in [0.1, 0.15) is 25.3 Å². The zero-order chi connectivity index (χ0) is 20.5. The predicted octanol–water partition coefficient (Wildman–Crippen LogP) is 3.34. The van der Waals surface area contributed by atoms with E-state index in [0.717, 1.165) is 24.3 Å². The van der Waals surface area contributed by atoms with Crippen molar-refractivity contribution in [3.63, 3.8) is 0 Å². The average Bonchev–Trinajstić information content (AvgIpc) is 2.78. The lowest BCUT2D eigenvalue weighted by atomic mass is 9.74. The number of carbonyl (C=O) groups is 1. The highest BCUT2D eigenvalue weighted by molar-refractivity contribution is 5.77. The molecule has 1 amide bonds. The molecule has 3 rings (SSSR count). The molecule has 1 fully saturated rings. The van der Waals surface area contributed by atoms with Crippen molar-refractivity contribution in [2.45, 2.75) is 25.2 Å². The summed E-state index contributed by atoms with van der Waals surface area (Å²) in [7, 11) is 1.66. The molecule has 29 heavy (non-hydrogen) atoms. The highest BCUT2D eigenvalue weighted by Gasteiger charge is 2.34. The van der Waals surface area contributed by atoms with E-state index in [1.165, 1.54) is 5.56 Å². The zero-order valence-corrected chi connectivity index (χ0v) is 17.1. The predicted molar refractivity (Wildman–Crippen MR) is 111 cm³/mol. The summed E-state index contributed by atoms with van der Waals surface area (Å²) >= 11 is 0. The molecule has 2 aromatic rings. The summed E-state index contributed by atoms with van der Waals surface area (Å²) in [6, 6.07) is 15.3. The molecule has 1 saturated heterocycles. The number of rotatable bonds is 9. The van der Waals surface area contributed by atoms with Crippen LogP contribution in [0.3, 0.4) is 0 Å². The maximum absolute atomic E-state index is 12.4. The van der Waals surface area contributed by atoms with E-state index >= 15 is 0 Å². The molecule has 0 bridgehead atoms. The molecule has 0 radical (unpaired) electrons. The first-order chi connectivity index (χ1) is 14.1. The summed E-state index contributed by atoms with van der Waals surface area (Å²) < 4.78 is 21.8. The number of nitrogens with one attached hydrogen (secondary N) is 1. The second kappa shape index (κ2) is 10.2. The highest BCUT2D eigenvalue weighted by atomic mass is 16.5. The molecule has 0 aromatic heterocycles. The fourth-order valence-corrected chi connectivity index (χ4v) is 3.54. The van der Waals surface area contributed by atoms with Crippen molar-refractivity contribution in [1.82, 2.24) is 5.32 Å². The van der Waals surface area contributed by atoms with Crippen LogP contribution < -0.4 is 19.5 Å². The van der Waals surface area contributed by atoms with Gasteiger partial charge in [0.05, 0.1) is 13.7 Å². The summed E-state index contributed by atoms with van der Waals surface area (Å²) in [4.78, 5) is 12.4. The van der Waals surface area contributed by atoms with Crippen molar-refractivity contribution in [2.24, 2.45) is 0 Å². The Hall–Kier alpha value is -2.73. The van der Waals surface area contributed by atoms with Crippen LogP contribution in [0, 0.1) is 0 Å². The van der Waals surface area contributed by atoms with Gasteiger partial charge in [-0.25, -0.2) is 0 Å². The molecule has 0 atom stereocenters. The van der Waals surface area contributed by atoms with Crippen LogP contribution in [0.15, 0.2) is 48.5 Å². The largest absolute Gasteiger partial charge is 0.497 e. The van der Waals surface area contributed by atoms with Gasteiger partial charge in [0.1, 0.15) is 17.2 Å². The Morgan fingerprint density at radius 3 is 2.14 bits per heavy atom. The topological polar surface area (TPSA) is 66.0 Å². The van der Waals surface area contributed by atoms with E-state index in [9.17, 15) is 4.79 Å². The van der Waals surface area contributed by atoms with Gasteiger partial charge < -0.3 is 24.3 Å². The van der Waals surface area contributed by atoms with Gasteiger partial charge in [-0.3, -0.25) is 4.79 Å². The van der Waals surface area contributed by atoms with Crippen LogP contribution in [0.25, 0.3) is 0 Å². The van der Waals surface area contributed by atoms with Crippen LogP contribution in [0.4, 0.5) is 0 Å². The van der Waals surface area contributed by atoms with Gasteiger partial charge in [-0.15, -0.1) is 0 Å². The number of amides is 1. The Morgan fingerprint density at radius 2 is 1.55 bits per heavy atom. The lowest BCUT2D eigenvalue weighted by Gasteiger charge is -2.38. The zero-order valence-electron chi connectivity index (χ0n) is 17.1. The maximum atomic E-state index is 12.4. The van der Waals surface area contributed by atoms with Gasteiger partial charge >= 0.3 is 0 Å². The number of hydrogen-bond donors (Lipinski definition) is 1. The molecule has 1 aliphatic heterocycles. The molecule has 156 valence electrons. The smallest absolute Gasteiger partial charge is 0.257 e. The highest BCUT2D eigenvalue weighted by Crippen LogP contribution is 2.35. The van der Waals surface area contributed by atoms with Gasteiger partial charge in [-0.05, 0) is 61.7 Å². The van der Waals surface area contributed by atoms with Crippen molar-refractivity contribution < 1.29 is 23.7 Å². The molecular formula is C23H29NO5. The van der Waals surface area contributed by atoms with E-state index in [1.54, 1.807) is 19.2 Å². The van der Waals surface area contributed by atoms with Crippen LogP contribution in [0.5, 0.6) is 17.2 Å². The van der Waals surface area contributed by atoms with Crippen molar-refractivity contribution in [1.29, 1.82) is 0 Å². The second-order valence-corrected chi connectivity index (χ2v) is 7.09. The summed E-state index contributed by atoms with van der Waals surface area (Å²) in [6.45, 7) is 4.45. The van der Waals surface area contributed by atoms with Crippen molar-refractivity contribution >= 4 is 5.91 Å². The Bertz CT molecular complexity index is 767. The maximum Gasteiger partial charge on any atom is 0.257 e. The molecular weight excluding hydrogens is 370 g/mol. The lowest BCUT2D eigenvalue weighted by Crippen LogP contribution is -2.45. The number of benzene rings is 2. The molecule has 2 aromatic carbocycles. The Labute approximate surface area is 172 Å². The fraction of sp³-hybridized carbons (Fsp3) is 0.435. The minimum Gasteiger partial charge on any atom is -0.497 e. The monoisotopic (exact) mass is 399 g/mol. The van der Waals surface area contributed by atoms with Crippen molar-refractivity contribution in [2.75, 3.05) is 40.1 Å². The number of hydrogen-bond acceptors (Lipinski definition) is 5. The molecule has 0 aliphatic carbocycles. The van der Waals surface area contributed by atoms with Crippen molar-refractivity contribution in [3.8, 4) is 17.2 Å². The first kappa shape index (κ1) is 21.0. The first-order valence-corrected chi connectivity index (χ1v) is 10.00. The van der Waals surface area contributed by atoms with E-state index in [2.05, 4.69) is 17.4 Å². The van der Waals surface area contributed by atoms with Gasteiger partial charge in [0.25, 0.3) is 5.91 Å². The molecule has 1 aliphatic rings. The molecule has 6 nitrogen and oxygen atoms in total. The minimum absolute atomic E-state index is 0.0246. The lowest BCUT2D eigenvalue weighted by molar-refractivity contribution is -0.123. The third-order valence-electron chi connectivity index (χ3n) is 5.28. The van der Waals surface area contributed by atoms with Crippen LogP contribution in [-0.2, 0) is 14.9 Å². The van der Waals surface area contributed by atoms with Gasteiger partial charge in [0, 0.05) is 25.2 Å². The molecule has 1 N–H and O–H groups in total.